The molecule has 2 fully saturated rings. The van der Waals surface area contributed by atoms with E-state index in [0.717, 1.165) is 42.3 Å². The lowest BCUT2D eigenvalue weighted by Crippen LogP contribution is -2.30. The van der Waals surface area contributed by atoms with Crippen molar-refractivity contribution in [3.05, 3.63) is 50.5 Å². The van der Waals surface area contributed by atoms with Crippen molar-refractivity contribution >= 4 is 22.2 Å². The van der Waals surface area contributed by atoms with Crippen molar-refractivity contribution in [1.82, 2.24) is 24.6 Å². The van der Waals surface area contributed by atoms with Crippen LogP contribution < -0.4 is 5.56 Å². The largest absolute Gasteiger partial charge is 0.298 e. The molecule has 0 bridgehead atoms. The van der Waals surface area contributed by atoms with Gasteiger partial charge in [-0.2, -0.15) is 0 Å². The van der Waals surface area contributed by atoms with Crippen LogP contribution in [0.2, 0.25) is 0 Å². The maximum Gasteiger partial charge on any atom is 0.261 e. The molecule has 1 atom stereocenters. The highest BCUT2D eigenvalue weighted by Gasteiger charge is 2.32. The van der Waals surface area contributed by atoms with Crippen LogP contribution in [0.25, 0.3) is 10.9 Å². The van der Waals surface area contributed by atoms with Crippen LogP contribution in [0.15, 0.2) is 29.1 Å². The van der Waals surface area contributed by atoms with Gasteiger partial charge in [0.15, 0.2) is 0 Å². The van der Waals surface area contributed by atoms with Gasteiger partial charge in [-0.1, -0.05) is 23.5 Å². The van der Waals surface area contributed by atoms with E-state index >= 15 is 0 Å². The maximum atomic E-state index is 12.7. The fourth-order valence-corrected chi connectivity index (χ4v) is 4.88. The van der Waals surface area contributed by atoms with Crippen LogP contribution in [0.1, 0.15) is 53.5 Å². The summed E-state index contributed by atoms with van der Waals surface area (Å²) in [6.07, 6.45) is 4.64. The number of rotatable bonds is 4. The molecule has 26 heavy (non-hydrogen) atoms. The summed E-state index contributed by atoms with van der Waals surface area (Å²) < 4.78 is 1.72. The first-order valence-electron chi connectivity index (χ1n) is 9.22. The lowest BCUT2D eigenvalue weighted by molar-refractivity contribution is 0.234. The minimum Gasteiger partial charge on any atom is -0.298 e. The first-order valence-corrected chi connectivity index (χ1v) is 10.0. The fourth-order valence-electron chi connectivity index (χ4n) is 3.84. The van der Waals surface area contributed by atoms with Gasteiger partial charge in [-0.15, -0.1) is 10.2 Å². The number of likely N-dealkylation sites (tertiary alicyclic amines) is 1. The number of para-hydroxylation sites is 1. The van der Waals surface area contributed by atoms with E-state index in [1.165, 1.54) is 17.8 Å². The Balaban J connectivity index is 1.47. The van der Waals surface area contributed by atoms with Crippen LogP contribution in [0, 0.1) is 0 Å². The van der Waals surface area contributed by atoms with E-state index in [4.69, 9.17) is 4.98 Å². The molecule has 0 N–H and O–H groups in total. The summed E-state index contributed by atoms with van der Waals surface area (Å²) in [4.78, 5) is 20.0. The van der Waals surface area contributed by atoms with Crippen molar-refractivity contribution in [2.75, 3.05) is 6.54 Å². The Bertz CT molecular complexity index is 1020. The van der Waals surface area contributed by atoms with E-state index in [0.29, 0.717) is 11.3 Å². The zero-order valence-electron chi connectivity index (χ0n) is 14.8. The highest BCUT2D eigenvalue weighted by atomic mass is 32.1. The van der Waals surface area contributed by atoms with Gasteiger partial charge in [-0.25, -0.2) is 4.98 Å². The van der Waals surface area contributed by atoms with Gasteiger partial charge in [0.25, 0.3) is 5.56 Å². The monoisotopic (exact) mass is 367 g/mol. The molecular weight excluding hydrogens is 346 g/mol. The minimum absolute atomic E-state index is 0.0318. The van der Waals surface area contributed by atoms with E-state index in [9.17, 15) is 4.79 Å². The lowest BCUT2D eigenvalue weighted by atomic mass is 10.1. The maximum absolute atomic E-state index is 12.7. The predicted molar refractivity (Wildman–Crippen MR) is 101 cm³/mol. The Hall–Kier alpha value is -2.12. The van der Waals surface area contributed by atoms with Crippen LogP contribution in [0.4, 0.5) is 0 Å². The highest BCUT2D eigenvalue weighted by Crippen LogP contribution is 2.41. The SMILES string of the molecule is Cn1c(C2CCCN2Cc2nnc(C3CC3)s2)nc2ccccc2c1=O. The van der Waals surface area contributed by atoms with Gasteiger partial charge in [0.1, 0.15) is 15.8 Å². The fraction of sp³-hybridized carbons (Fsp3) is 0.474. The van der Waals surface area contributed by atoms with Crippen molar-refractivity contribution in [3.8, 4) is 0 Å². The molecule has 1 saturated heterocycles. The van der Waals surface area contributed by atoms with E-state index in [1.807, 2.05) is 31.3 Å². The molecule has 5 rings (SSSR count). The Morgan fingerprint density at radius 3 is 2.88 bits per heavy atom. The third kappa shape index (κ3) is 2.75. The molecule has 134 valence electrons. The zero-order valence-corrected chi connectivity index (χ0v) is 15.6. The third-order valence-corrected chi connectivity index (χ3v) is 6.50. The summed E-state index contributed by atoms with van der Waals surface area (Å²) in [6.45, 7) is 1.80. The van der Waals surface area contributed by atoms with E-state index < -0.39 is 0 Å². The number of hydrogen-bond acceptors (Lipinski definition) is 6. The summed E-state index contributed by atoms with van der Waals surface area (Å²) >= 11 is 1.74. The van der Waals surface area contributed by atoms with Crippen molar-refractivity contribution in [1.29, 1.82) is 0 Å². The van der Waals surface area contributed by atoms with Crippen LogP contribution in [-0.4, -0.2) is 31.2 Å². The van der Waals surface area contributed by atoms with E-state index in [-0.39, 0.29) is 11.6 Å². The molecule has 2 aromatic heterocycles. The predicted octanol–water partition coefficient (Wildman–Crippen LogP) is 3.00. The van der Waals surface area contributed by atoms with Gasteiger partial charge in [0, 0.05) is 13.0 Å². The van der Waals surface area contributed by atoms with Gasteiger partial charge >= 0.3 is 0 Å². The molecule has 0 radical (unpaired) electrons. The van der Waals surface area contributed by atoms with Gasteiger partial charge in [-0.05, 0) is 44.4 Å². The van der Waals surface area contributed by atoms with Crippen LogP contribution in [-0.2, 0) is 13.6 Å². The van der Waals surface area contributed by atoms with E-state index in [1.54, 1.807) is 15.9 Å². The van der Waals surface area contributed by atoms with Gasteiger partial charge < -0.3 is 0 Å². The number of benzene rings is 1. The van der Waals surface area contributed by atoms with Crippen LogP contribution in [0.3, 0.4) is 0 Å². The Morgan fingerprint density at radius 1 is 1.19 bits per heavy atom. The molecule has 3 heterocycles. The molecule has 1 saturated carbocycles. The molecule has 1 aliphatic carbocycles. The van der Waals surface area contributed by atoms with Gasteiger partial charge in [0.2, 0.25) is 0 Å². The molecule has 6 nitrogen and oxygen atoms in total. The second-order valence-electron chi connectivity index (χ2n) is 7.29. The number of aromatic nitrogens is 4. The lowest BCUT2D eigenvalue weighted by Gasteiger charge is -2.24. The molecule has 1 aliphatic heterocycles. The van der Waals surface area contributed by atoms with Gasteiger partial charge in [-0.3, -0.25) is 14.3 Å². The smallest absolute Gasteiger partial charge is 0.261 e. The zero-order chi connectivity index (χ0) is 17.7. The molecule has 1 unspecified atom stereocenters. The van der Waals surface area contributed by atoms with Crippen LogP contribution in [0.5, 0.6) is 0 Å². The van der Waals surface area contributed by atoms with Crippen molar-refractivity contribution in [2.24, 2.45) is 7.05 Å². The summed E-state index contributed by atoms with van der Waals surface area (Å²) in [5, 5.41) is 11.7. The topological polar surface area (TPSA) is 63.9 Å². The standard InChI is InChI=1S/C19H21N5OS/c1-23-17(20-14-6-3-2-5-13(14)19(23)25)15-7-4-10-24(15)11-16-21-22-18(26-16)12-8-9-12/h2-3,5-6,12,15H,4,7-11H2,1H3. The first-order chi connectivity index (χ1) is 12.7. The number of fused-ring (bicyclic) bond motifs is 1. The normalized spacial score (nSPS) is 20.9. The molecule has 0 amide bonds. The first kappa shape index (κ1) is 16.1. The van der Waals surface area contributed by atoms with Crippen molar-refractivity contribution in [3.63, 3.8) is 0 Å². The van der Waals surface area contributed by atoms with Gasteiger partial charge in [0.05, 0.1) is 23.5 Å². The van der Waals surface area contributed by atoms with Crippen molar-refractivity contribution in [2.45, 2.75) is 44.2 Å². The third-order valence-electron chi connectivity index (χ3n) is 5.43. The Labute approximate surface area is 155 Å². The minimum atomic E-state index is 0.0318. The summed E-state index contributed by atoms with van der Waals surface area (Å²) in [5.74, 6) is 1.51. The summed E-state index contributed by atoms with van der Waals surface area (Å²) in [7, 11) is 1.84. The average Bonchev–Trinajstić information content (AvgIpc) is 3.23. The number of nitrogens with zero attached hydrogens (tertiary/aromatic N) is 5. The van der Waals surface area contributed by atoms with E-state index in [2.05, 4.69) is 15.1 Å². The summed E-state index contributed by atoms with van der Waals surface area (Å²) in [6, 6.07) is 7.75. The molecular formula is C19H21N5OS. The molecule has 1 aromatic carbocycles. The Kier molecular flexibility index (Phi) is 3.86. The number of hydrogen-bond donors (Lipinski definition) is 0. The van der Waals surface area contributed by atoms with Crippen molar-refractivity contribution < 1.29 is 0 Å². The highest BCUT2D eigenvalue weighted by molar-refractivity contribution is 7.11. The second-order valence-corrected chi connectivity index (χ2v) is 8.38. The average molecular weight is 367 g/mol. The van der Waals surface area contributed by atoms with Crippen LogP contribution >= 0.6 is 11.3 Å². The summed E-state index contributed by atoms with van der Waals surface area (Å²) in [5.41, 5.74) is 0.814. The quantitative estimate of drug-likeness (QED) is 0.709. The molecule has 0 spiro atoms. The molecule has 7 heteroatoms. The second kappa shape index (κ2) is 6.25. The molecule has 3 aromatic rings. The Morgan fingerprint density at radius 2 is 2.04 bits per heavy atom. The molecule has 2 aliphatic rings.